The molecule has 10 heteroatoms. The van der Waals surface area contributed by atoms with Crippen molar-refractivity contribution >= 4 is 22.3 Å². The maximum Gasteiger partial charge on any atom is 0.344 e. The van der Waals surface area contributed by atoms with Crippen LogP contribution in [0, 0.1) is 10.1 Å². The number of hydrogen-bond acceptors (Lipinski definition) is 8. The minimum Gasteiger partial charge on any atom is -0.437 e. The summed E-state index contributed by atoms with van der Waals surface area (Å²) in [6.07, 6.45) is 1.47. The fourth-order valence-corrected chi connectivity index (χ4v) is 4.85. The topological polar surface area (TPSA) is 126 Å². The van der Waals surface area contributed by atoms with E-state index >= 15 is 0 Å². The lowest BCUT2D eigenvalue weighted by atomic mass is 9.83. The Balaban J connectivity index is 1.59. The zero-order valence-corrected chi connectivity index (χ0v) is 18.9. The van der Waals surface area contributed by atoms with Crippen molar-refractivity contribution in [3.05, 3.63) is 122 Å². The van der Waals surface area contributed by atoms with Crippen LogP contribution < -0.4 is 10.4 Å². The van der Waals surface area contributed by atoms with Crippen molar-refractivity contribution in [2.75, 3.05) is 0 Å². The molecule has 0 radical (unpaired) electrons. The summed E-state index contributed by atoms with van der Waals surface area (Å²) in [7, 11) is 0. The lowest BCUT2D eigenvalue weighted by molar-refractivity contribution is -0.385. The van der Waals surface area contributed by atoms with E-state index in [9.17, 15) is 14.9 Å². The van der Waals surface area contributed by atoms with Crippen molar-refractivity contribution in [2.24, 2.45) is 0 Å². The van der Waals surface area contributed by atoms with Gasteiger partial charge in [-0.25, -0.2) is 19.3 Å². The largest absolute Gasteiger partial charge is 0.437 e. The second kappa shape index (κ2) is 7.82. The van der Waals surface area contributed by atoms with Gasteiger partial charge in [-0.2, -0.15) is 0 Å². The van der Waals surface area contributed by atoms with Crippen LogP contribution in [0.2, 0.25) is 0 Å². The van der Waals surface area contributed by atoms with Gasteiger partial charge in [0.15, 0.2) is 17.2 Å². The third kappa shape index (κ3) is 3.12. The molecule has 3 aromatic heterocycles. The van der Waals surface area contributed by atoms with Gasteiger partial charge in [-0.15, -0.1) is 5.10 Å². The highest BCUT2D eigenvalue weighted by atomic mass is 16.6. The first-order chi connectivity index (χ1) is 18.1. The SMILES string of the molecule is O=c1oc2ccccc2c2c1C(c1ccccc1[N+](=O)[O-])c1c(ncn3nc(-c4ccccc4)nc13)O2. The third-order valence-corrected chi connectivity index (χ3v) is 6.44. The third-order valence-electron chi connectivity index (χ3n) is 6.44. The number of nitrogens with zero attached hydrogens (tertiary/aromatic N) is 5. The Bertz CT molecular complexity index is 1930. The highest BCUT2D eigenvalue weighted by Gasteiger charge is 2.40. The summed E-state index contributed by atoms with van der Waals surface area (Å²) in [6.45, 7) is 0. The Hall–Kier alpha value is -5.38. The molecule has 0 bridgehead atoms. The monoisotopic (exact) mass is 489 g/mol. The second-order valence-electron chi connectivity index (χ2n) is 8.51. The number of rotatable bonds is 3. The number of hydrogen-bond donors (Lipinski definition) is 0. The van der Waals surface area contributed by atoms with Crippen LogP contribution in [0.15, 0.2) is 94.4 Å². The molecule has 0 saturated carbocycles. The molecule has 1 aliphatic heterocycles. The van der Waals surface area contributed by atoms with Crippen molar-refractivity contribution in [1.82, 2.24) is 19.6 Å². The summed E-state index contributed by atoms with van der Waals surface area (Å²) in [5.41, 5.74) is 1.50. The Labute approximate surface area is 207 Å². The quantitative estimate of drug-likeness (QED) is 0.191. The van der Waals surface area contributed by atoms with E-state index in [-0.39, 0.29) is 22.9 Å². The first-order valence-corrected chi connectivity index (χ1v) is 11.4. The van der Waals surface area contributed by atoms with Gasteiger partial charge in [0.1, 0.15) is 11.9 Å². The van der Waals surface area contributed by atoms with Crippen LogP contribution in [0.3, 0.4) is 0 Å². The second-order valence-corrected chi connectivity index (χ2v) is 8.51. The predicted molar refractivity (Wildman–Crippen MR) is 133 cm³/mol. The van der Waals surface area contributed by atoms with Crippen LogP contribution in [0.5, 0.6) is 11.6 Å². The molecule has 0 saturated heterocycles. The number of ether oxygens (including phenoxy) is 1. The molecule has 37 heavy (non-hydrogen) atoms. The van der Waals surface area contributed by atoms with E-state index in [4.69, 9.17) is 14.1 Å². The summed E-state index contributed by atoms with van der Waals surface area (Å²) in [4.78, 5) is 34.2. The maximum absolute atomic E-state index is 13.4. The highest BCUT2D eigenvalue weighted by molar-refractivity contribution is 5.87. The number of benzene rings is 3. The molecule has 0 aliphatic carbocycles. The number of nitro groups is 1. The van der Waals surface area contributed by atoms with Crippen molar-refractivity contribution in [1.29, 1.82) is 0 Å². The molecule has 0 fully saturated rings. The molecule has 1 unspecified atom stereocenters. The molecular formula is C27H15N5O5. The normalized spacial score (nSPS) is 14.2. The van der Waals surface area contributed by atoms with Gasteiger partial charge in [0, 0.05) is 17.2 Å². The van der Waals surface area contributed by atoms with E-state index < -0.39 is 16.5 Å². The van der Waals surface area contributed by atoms with E-state index in [1.807, 2.05) is 30.3 Å². The van der Waals surface area contributed by atoms with Gasteiger partial charge in [0.25, 0.3) is 5.69 Å². The van der Waals surface area contributed by atoms with Crippen LogP contribution >= 0.6 is 0 Å². The molecule has 1 aliphatic rings. The molecule has 0 N–H and O–H groups in total. The molecule has 1 atom stereocenters. The van der Waals surface area contributed by atoms with Gasteiger partial charge in [0.2, 0.25) is 5.88 Å². The van der Waals surface area contributed by atoms with Crippen molar-refractivity contribution in [2.45, 2.75) is 5.92 Å². The van der Waals surface area contributed by atoms with E-state index in [2.05, 4.69) is 10.1 Å². The van der Waals surface area contributed by atoms with Crippen LogP contribution in [-0.2, 0) is 0 Å². The van der Waals surface area contributed by atoms with Crippen molar-refractivity contribution < 1.29 is 14.1 Å². The summed E-state index contributed by atoms with van der Waals surface area (Å²) >= 11 is 0. The van der Waals surface area contributed by atoms with Gasteiger partial charge in [-0.3, -0.25) is 10.1 Å². The van der Waals surface area contributed by atoms with E-state index in [1.165, 1.54) is 16.9 Å². The lowest BCUT2D eigenvalue weighted by Gasteiger charge is -2.27. The zero-order valence-electron chi connectivity index (χ0n) is 18.9. The molecule has 178 valence electrons. The minimum absolute atomic E-state index is 0.139. The number of nitro benzene ring substituents is 1. The van der Waals surface area contributed by atoms with Crippen LogP contribution in [0.4, 0.5) is 5.69 Å². The first kappa shape index (κ1) is 20.9. The fourth-order valence-electron chi connectivity index (χ4n) is 4.85. The molecule has 6 aromatic rings. The average Bonchev–Trinajstić information content (AvgIpc) is 3.37. The maximum atomic E-state index is 13.4. The Kier molecular flexibility index (Phi) is 4.43. The summed E-state index contributed by atoms with van der Waals surface area (Å²) in [5.74, 6) is -0.0632. The zero-order chi connectivity index (χ0) is 25.1. The Morgan fingerprint density at radius 1 is 0.919 bits per heavy atom. The molecule has 10 nitrogen and oxygen atoms in total. The summed E-state index contributed by atoms with van der Waals surface area (Å²) < 4.78 is 13.4. The Morgan fingerprint density at radius 3 is 2.51 bits per heavy atom. The van der Waals surface area contributed by atoms with Gasteiger partial charge in [-0.05, 0) is 12.1 Å². The molecule has 0 amide bonds. The predicted octanol–water partition coefficient (Wildman–Crippen LogP) is 5.09. The number of fused-ring (bicyclic) bond motifs is 6. The molecule has 4 heterocycles. The van der Waals surface area contributed by atoms with E-state index in [0.717, 1.165) is 5.56 Å². The lowest BCUT2D eigenvalue weighted by Crippen LogP contribution is -2.23. The number of para-hydroxylation sites is 2. The van der Waals surface area contributed by atoms with Crippen LogP contribution in [-0.4, -0.2) is 24.5 Å². The summed E-state index contributed by atoms with van der Waals surface area (Å²) in [6, 6.07) is 22.7. The van der Waals surface area contributed by atoms with Gasteiger partial charge in [-0.1, -0.05) is 60.7 Å². The van der Waals surface area contributed by atoms with E-state index in [0.29, 0.717) is 33.6 Å². The van der Waals surface area contributed by atoms with Gasteiger partial charge in [0.05, 0.1) is 27.4 Å². The van der Waals surface area contributed by atoms with Crippen LogP contribution in [0.25, 0.3) is 28.0 Å². The van der Waals surface area contributed by atoms with Gasteiger partial charge < -0.3 is 9.15 Å². The average molecular weight is 489 g/mol. The highest BCUT2D eigenvalue weighted by Crippen LogP contribution is 2.50. The molecule has 0 spiro atoms. The van der Waals surface area contributed by atoms with Crippen molar-refractivity contribution in [3.8, 4) is 23.0 Å². The first-order valence-electron chi connectivity index (χ1n) is 11.4. The molecule has 7 rings (SSSR count). The van der Waals surface area contributed by atoms with Crippen molar-refractivity contribution in [3.63, 3.8) is 0 Å². The summed E-state index contributed by atoms with van der Waals surface area (Å²) in [5, 5.41) is 17.2. The molecule has 3 aromatic carbocycles. The molecular weight excluding hydrogens is 474 g/mol. The number of aromatic nitrogens is 4. The smallest absolute Gasteiger partial charge is 0.344 e. The Morgan fingerprint density at radius 2 is 1.68 bits per heavy atom. The minimum atomic E-state index is -0.940. The van der Waals surface area contributed by atoms with Gasteiger partial charge >= 0.3 is 5.63 Å². The fraction of sp³-hybridized carbons (Fsp3) is 0.0370. The standard InChI is InChI=1S/C27H15N5O5/c33-27-21-20(16-10-4-6-12-18(16)32(34)35)22-25-29-24(15-8-2-1-3-9-15)30-31(25)14-28-26(22)37-23(21)17-11-5-7-13-19(17)36-27/h1-14,20H. The van der Waals surface area contributed by atoms with Crippen LogP contribution in [0.1, 0.15) is 22.6 Å². The van der Waals surface area contributed by atoms with E-state index in [1.54, 1.807) is 42.5 Å².